The lowest BCUT2D eigenvalue weighted by molar-refractivity contribution is -0.169. The molecular weight excluding hydrogens is 372 g/mol. The summed E-state index contributed by atoms with van der Waals surface area (Å²) in [6.07, 6.45) is 8.45. The maximum Gasteiger partial charge on any atom is 0.309 e. The Hall–Kier alpha value is -1.59. The average Bonchev–Trinajstić information content (AvgIpc) is 2.71. The van der Waals surface area contributed by atoms with Crippen LogP contribution in [0.1, 0.15) is 98.3 Å². The molecule has 29 heavy (non-hydrogen) atoms. The van der Waals surface area contributed by atoms with Crippen LogP contribution in [0.4, 0.5) is 0 Å². The van der Waals surface area contributed by atoms with Gasteiger partial charge in [-0.3, -0.25) is 14.4 Å². The standard InChI is InChI=1S/C23H40O6/c1-5-8-14-28-22(27)19(16-18(6-2)20(24)25)15-17(4)21(26)29-23(7-3)12-10-9-11-13-23/h17-19H,5-16H2,1-4H3,(H,24,25). The van der Waals surface area contributed by atoms with Crippen molar-refractivity contribution in [3.8, 4) is 0 Å². The van der Waals surface area contributed by atoms with Crippen LogP contribution in [0.3, 0.4) is 0 Å². The zero-order chi connectivity index (χ0) is 21.9. The zero-order valence-corrected chi connectivity index (χ0v) is 18.7. The molecule has 168 valence electrons. The molecule has 0 heterocycles. The van der Waals surface area contributed by atoms with Crippen molar-refractivity contribution in [2.24, 2.45) is 17.8 Å². The number of carbonyl (C=O) groups excluding carboxylic acids is 2. The maximum absolute atomic E-state index is 12.8. The first-order chi connectivity index (χ1) is 13.8. The second-order valence-electron chi connectivity index (χ2n) is 8.55. The molecule has 6 nitrogen and oxygen atoms in total. The molecule has 1 saturated carbocycles. The van der Waals surface area contributed by atoms with Crippen LogP contribution in [0.15, 0.2) is 0 Å². The van der Waals surface area contributed by atoms with E-state index in [1.165, 1.54) is 6.42 Å². The van der Waals surface area contributed by atoms with E-state index in [1.807, 2.05) is 6.92 Å². The van der Waals surface area contributed by atoms with Crippen molar-refractivity contribution in [3.63, 3.8) is 0 Å². The minimum absolute atomic E-state index is 0.188. The molecule has 0 aromatic carbocycles. The minimum atomic E-state index is -0.916. The van der Waals surface area contributed by atoms with E-state index in [-0.39, 0.29) is 24.4 Å². The summed E-state index contributed by atoms with van der Waals surface area (Å²) >= 11 is 0. The molecule has 0 aliphatic heterocycles. The van der Waals surface area contributed by atoms with E-state index in [0.717, 1.165) is 44.9 Å². The van der Waals surface area contributed by atoms with E-state index >= 15 is 0 Å². The number of carboxylic acids is 1. The number of hydrogen-bond acceptors (Lipinski definition) is 5. The monoisotopic (exact) mass is 412 g/mol. The van der Waals surface area contributed by atoms with Crippen molar-refractivity contribution in [2.45, 2.75) is 104 Å². The summed E-state index contributed by atoms with van der Waals surface area (Å²) in [5, 5.41) is 9.40. The predicted octanol–water partition coefficient (Wildman–Crippen LogP) is 5.13. The highest BCUT2D eigenvalue weighted by atomic mass is 16.6. The molecule has 1 rings (SSSR count). The first kappa shape index (κ1) is 25.4. The molecule has 0 saturated heterocycles. The van der Waals surface area contributed by atoms with Gasteiger partial charge in [0.2, 0.25) is 0 Å². The van der Waals surface area contributed by atoms with Crippen molar-refractivity contribution in [1.82, 2.24) is 0 Å². The van der Waals surface area contributed by atoms with Gasteiger partial charge < -0.3 is 14.6 Å². The molecule has 3 atom stereocenters. The highest BCUT2D eigenvalue weighted by Crippen LogP contribution is 2.36. The fourth-order valence-corrected chi connectivity index (χ4v) is 4.07. The summed E-state index contributed by atoms with van der Waals surface area (Å²) < 4.78 is 11.3. The number of rotatable bonds is 13. The molecule has 1 N–H and O–H groups in total. The number of carbonyl (C=O) groups is 3. The van der Waals surface area contributed by atoms with Crippen LogP contribution >= 0.6 is 0 Å². The van der Waals surface area contributed by atoms with Gasteiger partial charge in [-0.25, -0.2) is 0 Å². The van der Waals surface area contributed by atoms with Crippen LogP contribution in [0.25, 0.3) is 0 Å². The average molecular weight is 413 g/mol. The van der Waals surface area contributed by atoms with Crippen molar-refractivity contribution in [2.75, 3.05) is 6.61 Å². The van der Waals surface area contributed by atoms with Crippen LogP contribution in [0, 0.1) is 17.8 Å². The molecule has 0 aromatic rings. The van der Waals surface area contributed by atoms with Gasteiger partial charge in [-0.1, -0.05) is 40.5 Å². The zero-order valence-electron chi connectivity index (χ0n) is 18.7. The SMILES string of the molecule is CCCCOC(=O)C(CC(C)C(=O)OC1(CC)CCCCC1)CC(CC)C(=O)O. The Morgan fingerprint density at radius 2 is 1.62 bits per heavy atom. The Bertz CT molecular complexity index is 523. The largest absolute Gasteiger partial charge is 0.481 e. The van der Waals surface area contributed by atoms with E-state index in [2.05, 4.69) is 6.92 Å². The van der Waals surface area contributed by atoms with Crippen LogP contribution in [-0.4, -0.2) is 35.2 Å². The van der Waals surface area contributed by atoms with E-state index in [9.17, 15) is 19.5 Å². The van der Waals surface area contributed by atoms with Gasteiger partial charge in [0.25, 0.3) is 0 Å². The number of aliphatic carboxylic acids is 1. The van der Waals surface area contributed by atoms with Gasteiger partial charge in [-0.05, 0) is 57.8 Å². The van der Waals surface area contributed by atoms with E-state index < -0.39 is 29.7 Å². The Labute approximate surface area is 175 Å². The van der Waals surface area contributed by atoms with Crippen LogP contribution in [0.2, 0.25) is 0 Å². The number of unbranched alkanes of at least 4 members (excludes halogenated alkanes) is 1. The molecular formula is C23H40O6. The number of esters is 2. The third-order valence-electron chi connectivity index (χ3n) is 6.25. The van der Waals surface area contributed by atoms with Crippen LogP contribution < -0.4 is 0 Å². The van der Waals surface area contributed by atoms with E-state index in [1.54, 1.807) is 13.8 Å². The van der Waals surface area contributed by atoms with Gasteiger partial charge in [-0.15, -0.1) is 0 Å². The summed E-state index contributed by atoms with van der Waals surface area (Å²) in [4.78, 5) is 36.9. The molecule has 0 amide bonds. The highest BCUT2D eigenvalue weighted by molar-refractivity contribution is 5.77. The number of hydrogen-bond donors (Lipinski definition) is 1. The topological polar surface area (TPSA) is 89.9 Å². The van der Waals surface area contributed by atoms with Gasteiger partial charge in [-0.2, -0.15) is 0 Å². The Kier molecular flexibility index (Phi) is 11.3. The number of ether oxygens (including phenoxy) is 2. The van der Waals surface area contributed by atoms with Gasteiger partial charge in [0, 0.05) is 0 Å². The lowest BCUT2D eigenvalue weighted by Crippen LogP contribution is -2.39. The summed E-state index contributed by atoms with van der Waals surface area (Å²) in [6.45, 7) is 7.95. The van der Waals surface area contributed by atoms with Crippen molar-refractivity contribution < 1.29 is 29.0 Å². The molecule has 3 unspecified atom stereocenters. The Morgan fingerprint density at radius 3 is 2.14 bits per heavy atom. The Balaban J connectivity index is 2.79. The third kappa shape index (κ3) is 8.35. The van der Waals surface area contributed by atoms with Gasteiger partial charge in [0.1, 0.15) is 5.60 Å². The van der Waals surface area contributed by atoms with Crippen LogP contribution in [0.5, 0.6) is 0 Å². The lowest BCUT2D eigenvalue weighted by atomic mass is 9.82. The maximum atomic E-state index is 12.8. The summed E-state index contributed by atoms with van der Waals surface area (Å²) in [5.74, 6) is -3.32. The van der Waals surface area contributed by atoms with Gasteiger partial charge in [0.05, 0.1) is 24.4 Å². The van der Waals surface area contributed by atoms with Crippen molar-refractivity contribution in [1.29, 1.82) is 0 Å². The van der Waals surface area contributed by atoms with E-state index in [0.29, 0.717) is 13.0 Å². The molecule has 6 heteroatoms. The Morgan fingerprint density at radius 1 is 0.966 bits per heavy atom. The second kappa shape index (κ2) is 12.9. The third-order valence-corrected chi connectivity index (χ3v) is 6.25. The molecule has 0 bridgehead atoms. The quantitative estimate of drug-likeness (QED) is 0.333. The molecule has 0 radical (unpaired) electrons. The molecule has 1 aliphatic rings. The van der Waals surface area contributed by atoms with E-state index in [4.69, 9.17) is 9.47 Å². The first-order valence-electron chi connectivity index (χ1n) is 11.4. The second-order valence-corrected chi connectivity index (χ2v) is 8.55. The van der Waals surface area contributed by atoms with Gasteiger partial charge >= 0.3 is 17.9 Å². The molecule has 0 aromatic heterocycles. The fraction of sp³-hybridized carbons (Fsp3) is 0.870. The summed E-state index contributed by atoms with van der Waals surface area (Å²) in [7, 11) is 0. The smallest absolute Gasteiger partial charge is 0.309 e. The normalized spacial score (nSPS) is 19.0. The lowest BCUT2D eigenvalue weighted by Gasteiger charge is -2.37. The molecule has 1 fully saturated rings. The highest BCUT2D eigenvalue weighted by Gasteiger charge is 2.37. The summed E-state index contributed by atoms with van der Waals surface area (Å²) in [5.41, 5.74) is -0.381. The van der Waals surface area contributed by atoms with Crippen molar-refractivity contribution in [3.05, 3.63) is 0 Å². The van der Waals surface area contributed by atoms with Crippen molar-refractivity contribution >= 4 is 17.9 Å². The van der Waals surface area contributed by atoms with Crippen LogP contribution in [-0.2, 0) is 23.9 Å². The molecule has 1 aliphatic carbocycles. The van der Waals surface area contributed by atoms with Gasteiger partial charge in [0.15, 0.2) is 0 Å². The fourth-order valence-electron chi connectivity index (χ4n) is 4.07. The number of carboxylic acid groups (broad SMARTS) is 1. The predicted molar refractivity (Wildman–Crippen MR) is 111 cm³/mol. The molecule has 0 spiro atoms. The summed E-state index contributed by atoms with van der Waals surface area (Å²) in [6, 6.07) is 0. The minimum Gasteiger partial charge on any atom is -0.481 e. The first-order valence-corrected chi connectivity index (χ1v) is 11.4.